The number of amidine groups is 1. The van der Waals surface area contributed by atoms with Crippen LogP contribution in [0.2, 0.25) is 0 Å². The highest BCUT2D eigenvalue weighted by molar-refractivity contribution is 5.99. The van der Waals surface area contributed by atoms with Gasteiger partial charge in [-0.1, -0.05) is 25.2 Å². The van der Waals surface area contributed by atoms with Gasteiger partial charge >= 0.3 is 6.18 Å². The number of amides is 1. The van der Waals surface area contributed by atoms with Gasteiger partial charge in [0.1, 0.15) is 23.8 Å². The Kier molecular flexibility index (Phi) is 11.4. The SMILES string of the molecule is C=C=C(CC1CCCCC1NC(=N/CNc1ccc(C(=O)N2CCN(C)CC2)cc1)/C(=C\N=C)C(F)(F)F)OC. The lowest BCUT2D eigenvalue weighted by Crippen LogP contribution is -2.47. The molecule has 11 heteroatoms. The molecule has 1 amide bonds. The van der Waals surface area contributed by atoms with Gasteiger partial charge in [0.25, 0.3) is 5.91 Å². The van der Waals surface area contributed by atoms with Crippen molar-refractivity contribution < 1.29 is 22.7 Å². The molecule has 0 radical (unpaired) electrons. The van der Waals surface area contributed by atoms with Crippen LogP contribution in [0.3, 0.4) is 0 Å². The van der Waals surface area contributed by atoms with Crippen LogP contribution in [0.4, 0.5) is 18.9 Å². The summed E-state index contributed by atoms with van der Waals surface area (Å²) in [4.78, 5) is 24.4. The zero-order chi connectivity index (χ0) is 29.1. The van der Waals surface area contributed by atoms with Crippen molar-refractivity contribution in [2.75, 3.05) is 52.3 Å². The highest BCUT2D eigenvalue weighted by Crippen LogP contribution is 2.32. The molecule has 2 fully saturated rings. The molecule has 40 heavy (non-hydrogen) atoms. The van der Waals surface area contributed by atoms with Crippen molar-refractivity contribution in [2.24, 2.45) is 15.9 Å². The van der Waals surface area contributed by atoms with E-state index < -0.39 is 11.7 Å². The molecule has 2 N–H and O–H groups in total. The fourth-order valence-electron chi connectivity index (χ4n) is 4.98. The fraction of sp³-hybridized carbons (Fsp3) is 0.517. The number of rotatable bonds is 10. The van der Waals surface area contributed by atoms with Gasteiger partial charge in [-0.3, -0.25) is 9.79 Å². The lowest BCUT2D eigenvalue weighted by molar-refractivity contribution is -0.0866. The lowest BCUT2D eigenvalue weighted by atomic mass is 9.82. The molecule has 0 aromatic heterocycles. The third-order valence-electron chi connectivity index (χ3n) is 7.35. The molecule has 1 saturated carbocycles. The van der Waals surface area contributed by atoms with E-state index in [4.69, 9.17) is 4.74 Å². The monoisotopic (exact) mass is 560 g/mol. The van der Waals surface area contributed by atoms with E-state index in [1.807, 2.05) is 11.9 Å². The minimum atomic E-state index is -4.68. The zero-order valence-electron chi connectivity index (χ0n) is 23.3. The van der Waals surface area contributed by atoms with Crippen molar-refractivity contribution in [1.82, 2.24) is 15.1 Å². The van der Waals surface area contributed by atoms with E-state index >= 15 is 0 Å². The normalized spacial score (nSPS) is 20.9. The summed E-state index contributed by atoms with van der Waals surface area (Å²) in [5.74, 6) is 0.277. The van der Waals surface area contributed by atoms with Crippen LogP contribution in [0.15, 0.2) is 64.1 Å². The van der Waals surface area contributed by atoms with Gasteiger partial charge in [0, 0.05) is 56.1 Å². The molecular weight excluding hydrogens is 521 g/mol. The number of halogens is 3. The largest absolute Gasteiger partial charge is 0.493 e. The number of benzene rings is 1. The Bertz CT molecular complexity index is 1120. The Balaban J connectivity index is 1.74. The van der Waals surface area contributed by atoms with Crippen molar-refractivity contribution in [3.8, 4) is 0 Å². The number of hydrogen-bond acceptors (Lipinski definition) is 6. The number of anilines is 1. The number of allylic oxidation sites excluding steroid dienone is 1. The minimum Gasteiger partial charge on any atom is -0.493 e. The van der Waals surface area contributed by atoms with Crippen LogP contribution < -0.4 is 10.6 Å². The first-order valence-electron chi connectivity index (χ1n) is 13.5. The maximum atomic E-state index is 14.0. The third kappa shape index (κ3) is 8.72. The Morgan fingerprint density at radius 2 is 1.85 bits per heavy atom. The predicted octanol–water partition coefficient (Wildman–Crippen LogP) is 4.84. The number of carbonyl (C=O) groups excluding carboxylic acids is 1. The fourth-order valence-corrected chi connectivity index (χ4v) is 4.98. The van der Waals surface area contributed by atoms with Gasteiger partial charge in [0.05, 0.1) is 7.11 Å². The first kappa shape index (κ1) is 31.0. The van der Waals surface area contributed by atoms with Crippen LogP contribution in [-0.2, 0) is 4.74 Å². The first-order chi connectivity index (χ1) is 19.2. The van der Waals surface area contributed by atoms with Crippen molar-refractivity contribution in [1.29, 1.82) is 0 Å². The summed E-state index contributed by atoms with van der Waals surface area (Å²) in [7, 11) is 3.56. The Morgan fingerprint density at radius 3 is 2.45 bits per heavy atom. The van der Waals surface area contributed by atoms with E-state index in [0.717, 1.165) is 32.4 Å². The smallest absolute Gasteiger partial charge is 0.421 e. The van der Waals surface area contributed by atoms with E-state index in [0.29, 0.717) is 49.1 Å². The summed E-state index contributed by atoms with van der Waals surface area (Å²) in [6.07, 6.45) is -0.0678. The number of nitrogens with zero attached hydrogens (tertiary/aromatic N) is 4. The van der Waals surface area contributed by atoms with Crippen LogP contribution in [-0.4, -0.2) is 87.5 Å². The van der Waals surface area contributed by atoms with Crippen molar-refractivity contribution in [3.63, 3.8) is 0 Å². The Morgan fingerprint density at radius 1 is 1.18 bits per heavy atom. The number of likely N-dealkylation sites (N-methyl/N-ethyl adjacent to an activating group) is 1. The second-order valence-corrected chi connectivity index (χ2v) is 10.0. The molecule has 1 heterocycles. The molecule has 1 aromatic carbocycles. The quantitative estimate of drug-likeness (QED) is 0.185. The van der Waals surface area contributed by atoms with Crippen LogP contribution in [0.5, 0.6) is 0 Å². The Hall–Kier alpha value is -3.56. The summed E-state index contributed by atoms with van der Waals surface area (Å²) in [5.41, 5.74) is 2.96. The topological polar surface area (TPSA) is 81.6 Å². The van der Waals surface area contributed by atoms with Gasteiger partial charge in [-0.15, -0.1) is 0 Å². The zero-order valence-corrected chi connectivity index (χ0v) is 23.3. The molecule has 3 rings (SSSR count). The summed E-state index contributed by atoms with van der Waals surface area (Å²) in [6, 6.07) is 6.62. The molecule has 0 spiro atoms. The maximum absolute atomic E-state index is 14.0. The van der Waals surface area contributed by atoms with Crippen molar-refractivity contribution in [2.45, 2.75) is 44.3 Å². The molecular formula is C29H39F3N6O2. The van der Waals surface area contributed by atoms with E-state index in [-0.39, 0.29) is 30.4 Å². The summed E-state index contributed by atoms with van der Waals surface area (Å²) < 4.78 is 47.3. The van der Waals surface area contributed by atoms with Crippen molar-refractivity contribution >= 4 is 24.1 Å². The summed E-state index contributed by atoms with van der Waals surface area (Å²) in [5, 5.41) is 6.10. The number of ether oxygens (including phenoxy) is 1. The number of hydrogen-bond donors (Lipinski definition) is 2. The second kappa shape index (κ2) is 14.7. The highest BCUT2D eigenvalue weighted by Gasteiger charge is 2.39. The molecule has 1 saturated heterocycles. The average Bonchev–Trinajstić information content (AvgIpc) is 2.94. The van der Waals surface area contributed by atoms with E-state index in [1.165, 1.54) is 7.11 Å². The molecule has 2 aliphatic rings. The summed E-state index contributed by atoms with van der Waals surface area (Å²) >= 11 is 0. The average molecular weight is 561 g/mol. The van der Waals surface area contributed by atoms with Gasteiger partial charge in [-0.2, -0.15) is 13.2 Å². The minimum absolute atomic E-state index is 0.0349. The number of alkyl halides is 3. The number of carbonyl (C=O) groups is 1. The molecule has 1 aliphatic heterocycles. The van der Waals surface area contributed by atoms with E-state index in [1.54, 1.807) is 24.3 Å². The number of methoxy groups -OCH3 is 1. The summed E-state index contributed by atoms with van der Waals surface area (Å²) in [6.45, 7) is 9.74. The molecule has 2 unspecified atom stereocenters. The molecule has 1 aromatic rings. The standard InChI is InChI=1S/C29H39F3N6O2/c1-5-24(40-4)18-22-8-6-7-9-26(22)36-27(25(19-33-2)29(30,31)32)35-20-34-23-12-10-21(11-13-23)28(39)38-16-14-37(3)15-17-38/h10-13,19,22,26,34H,1-2,6-9,14-18,20H2,3-4H3,(H,35,36)/b25-19+. The number of piperazine rings is 1. The van der Waals surface area contributed by atoms with E-state index in [9.17, 15) is 18.0 Å². The van der Waals surface area contributed by atoms with Gasteiger partial charge in [-0.05, 0) is 56.8 Å². The van der Waals surface area contributed by atoms with E-state index in [2.05, 4.69) is 44.5 Å². The van der Waals surface area contributed by atoms with Crippen molar-refractivity contribution in [3.05, 3.63) is 59.7 Å². The number of nitrogens with one attached hydrogen (secondary N) is 2. The lowest BCUT2D eigenvalue weighted by Gasteiger charge is -2.34. The molecule has 8 nitrogen and oxygen atoms in total. The van der Waals surface area contributed by atoms with Crippen LogP contribution in [0.25, 0.3) is 0 Å². The highest BCUT2D eigenvalue weighted by atomic mass is 19.4. The first-order valence-corrected chi connectivity index (χ1v) is 13.5. The van der Waals surface area contributed by atoms with Crippen LogP contribution >= 0.6 is 0 Å². The number of aliphatic imine (C=N–C) groups is 2. The van der Waals surface area contributed by atoms with Gasteiger partial charge in [-0.25, -0.2) is 4.99 Å². The van der Waals surface area contributed by atoms with Crippen LogP contribution in [0, 0.1) is 5.92 Å². The van der Waals surface area contributed by atoms with Crippen LogP contribution in [0.1, 0.15) is 42.5 Å². The molecule has 1 aliphatic carbocycles. The second-order valence-electron chi connectivity index (χ2n) is 10.0. The van der Waals surface area contributed by atoms with Gasteiger partial charge < -0.3 is 25.2 Å². The Labute approximate surface area is 234 Å². The molecule has 218 valence electrons. The van der Waals surface area contributed by atoms with Gasteiger partial charge in [0.2, 0.25) is 0 Å². The molecule has 2 atom stereocenters. The maximum Gasteiger partial charge on any atom is 0.421 e. The third-order valence-corrected chi connectivity index (χ3v) is 7.35. The molecule has 0 bridgehead atoms. The van der Waals surface area contributed by atoms with Gasteiger partial charge in [0.15, 0.2) is 0 Å². The predicted molar refractivity (Wildman–Crippen MR) is 153 cm³/mol.